The van der Waals surface area contributed by atoms with Gasteiger partial charge in [0, 0.05) is 0 Å². The Morgan fingerprint density at radius 2 is 1.68 bits per heavy atom. The van der Waals surface area contributed by atoms with Gasteiger partial charge in [-0.05, 0) is 47.9 Å². The molecule has 5 N–H and O–H groups in total. The van der Waals surface area contributed by atoms with Crippen LogP contribution in [0.3, 0.4) is 0 Å². The van der Waals surface area contributed by atoms with Crippen LogP contribution in [0.15, 0.2) is 72.8 Å². The topological polar surface area (TPSA) is 117 Å². The SMILES string of the molecule is COC(=O)c1ccc(NC(=O)[C@@H](N)Cc2ccc(OCc3ccccc3)cc2)c(N)c1. The maximum absolute atomic E-state index is 12.5. The van der Waals surface area contributed by atoms with Crippen LogP contribution in [0.5, 0.6) is 5.75 Å². The highest BCUT2D eigenvalue weighted by Crippen LogP contribution is 2.21. The Balaban J connectivity index is 1.54. The van der Waals surface area contributed by atoms with Crippen molar-refractivity contribution in [3.63, 3.8) is 0 Å². The molecule has 7 heteroatoms. The van der Waals surface area contributed by atoms with E-state index in [1.165, 1.54) is 19.2 Å². The highest BCUT2D eigenvalue weighted by Gasteiger charge is 2.16. The van der Waals surface area contributed by atoms with Gasteiger partial charge in [0.1, 0.15) is 12.4 Å². The Hall–Kier alpha value is -3.84. The van der Waals surface area contributed by atoms with Gasteiger partial charge in [-0.1, -0.05) is 42.5 Å². The first kappa shape index (κ1) is 21.9. The molecule has 160 valence electrons. The molecule has 3 aromatic rings. The first-order chi connectivity index (χ1) is 15.0. The summed E-state index contributed by atoms with van der Waals surface area (Å²) in [6, 6.07) is 21.1. The van der Waals surface area contributed by atoms with Crippen LogP contribution in [-0.4, -0.2) is 25.0 Å². The number of amides is 1. The van der Waals surface area contributed by atoms with Gasteiger partial charge in [-0.2, -0.15) is 0 Å². The molecule has 0 aliphatic rings. The normalized spacial score (nSPS) is 11.4. The zero-order chi connectivity index (χ0) is 22.2. The van der Waals surface area contributed by atoms with E-state index >= 15 is 0 Å². The summed E-state index contributed by atoms with van der Waals surface area (Å²) in [6.07, 6.45) is 0.352. The molecule has 3 rings (SSSR count). The van der Waals surface area contributed by atoms with Crippen LogP contribution in [0.25, 0.3) is 0 Å². The number of nitrogen functional groups attached to an aromatic ring is 1. The molecule has 0 radical (unpaired) electrons. The summed E-state index contributed by atoms with van der Waals surface area (Å²) in [4.78, 5) is 24.0. The number of methoxy groups -OCH3 is 1. The maximum atomic E-state index is 12.5. The van der Waals surface area contributed by atoms with Crippen molar-refractivity contribution in [1.29, 1.82) is 0 Å². The van der Waals surface area contributed by atoms with E-state index in [1.807, 2.05) is 54.6 Å². The lowest BCUT2D eigenvalue weighted by molar-refractivity contribution is -0.117. The number of hydrogen-bond acceptors (Lipinski definition) is 6. The number of hydrogen-bond donors (Lipinski definition) is 3. The number of anilines is 2. The second kappa shape index (κ2) is 10.3. The zero-order valence-corrected chi connectivity index (χ0v) is 17.2. The van der Waals surface area contributed by atoms with Crippen molar-refractivity contribution >= 4 is 23.3 Å². The minimum atomic E-state index is -0.768. The molecule has 0 bridgehead atoms. The summed E-state index contributed by atoms with van der Waals surface area (Å²) in [5.41, 5.74) is 14.9. The molecule has 1 atom stereocenters. The standard InChI is InChI=1S/C24H25N3O4/c1-30-24(29)18-9-12-22(20(25)14-18)27-23(28)21(26)13-16-7-10-19(11-8-16)31-15-17-5-3-2-4-6-17/h2-12,14,21H,13,15,25-26H2,1H3,(H,27,28)/t21-/m0/s1. The third-order valence-electron chi connectivity index (χ3n) is 4.69. The second-order valence-electron chi connectivity index (χ2n) is 7.01. The van der Waals surface area contributed by atoms with Crippen LogP contribution < -0.4 is 21.5 Å². The van der Waals surface area contributed by atoms with E-state index in [-0.39, 0.29) is 11.6 Å². The lowest BCUT2D eigenvalue weighted by Gasteiger charge is -2.14. The Morgan fingerprint density at radius 1 is 0.968 bits per heavy atom. The van der Waals surface area contributed by atoms with Crippen molar-refractivity contribution < 1.29 is 19.1 Å². The number of ether oxygens (including phenoxy) is 2. The lowest BCUT2D eigenvalue weighted by Crippen LogP contribution is -2.37. The number of nitrogens with two attached hydrogens (primary N) is 2. The molecule has 0 fully saturated rings. The van der Waals surface area contributed by atoms with Crippen molar-refractivity contribution in [2.45, 2.75) is 19.1 Å². The van der Waals surface area contributed by atoms with E-state index < -0.39 is 12.0 Å². The zero-order valence-electron chi connectivity index (χ0n) is 17.2. The van der Waals surface area contributed by atoms with Crippen LogP contribution in [-0.2, 0) is 22.6 Å². The number of benzene rings is 3. The summed E-state index contributed by atoms with van der Waals surface area (Å²) in [5.74, 6) is -0.136. The average molecular weight is 419 g/mol. The highest BCUT2D eigenvalue weighted by molar-refractivity contribution is 5.99. The highest BCUT2D eigenvalue weighted by atomic mass is 16.5. The lowest BCUT2D eigenvalue weighted by atomic mass is 10.1. The minimum absolute atomic E-state index is 0.253. The monoisotopic (exact) mass is 419 g/mol. The molecule has 0 heterocycles. The van der Waals surface area contributed by atoms with Gasteiger partial charge in [0.05, 0.1) is 30.1 Å². The number of carbonyl (C=O) groups is 2. The van der Waals surface area contributed by atoms with E-state index in [9.17, 15) is 9.59 Å². The smallest absolute Gasteiger partial charge is 0.337 e. The van der Waals surface area contributed by atoms with Gasteiger partial charge in [-0.3, -0.25) is 4.79 Å². The molecular weight excluding hydrogens is 394 g/mol. The van der Waals surface area contributed by atoms with Gasteiger partial charge in [0.25, 0.3) is 0 Å². The third kappa shape index (κ3) is 6.07. The summed E-state index contributed by atoms with van der Waals surface area (Å²) in [7, 11) is 1.29. The summed E-state index contributed by atoms with van der Waals surface area (Å²) in [5, 5.41) is 2.70. The molecule has 31 heavy (non-hydrogen) atoms. The van der Waals surface area contributed by atoms with Gasteiger partial charge in [0.2, 0.25) is 5.91 Å². The molecule has 0 unspecified atom stereocenters. The number of carbonyl (C=O) groups excluding carboxylic acids is 2. The second-order valence-corrected chi connectivity index (χ2v) is 7.01. The van der Waals surface area contributed by atoms with E-state index in [1.54, 1.807) is 6.07 Å². The number of rotatable bonds is 8. The van der Waals surface area contributed by atoms with Gasteiger partial charge in [-0.15, -0.1) is 0 Å². The van der Waals surface area contributed by atoms with Crippen molar-refractivity contribution in [3.8, 4) is 5.75 Å². The van der Waals surface area contributed by atoms with E-state index in [0.717, 1.165) is 16.9 Å². The fourth-order valence-corrected chi connectivity index (χ4v) is 2.96. The van der Waals surface area contributed by atoms with Gasteiger partial charge in [0.15, 0.2) is 0 Å². The van der Waals surface area contributed by atoms with E-state index in [0.29, 0.717) is 24.3 Å². The molecule has 7 nitrogen and oxygen atoms in total. The van der Waals surface area contributed by atoms with Crippen LogP contribution in [0.2, 0.25) is 0 Å². The molecule has 0 aromatic heterocycles. The van der Waals surface area contributed by atoms with E-state index in [2.05, 4.69) is 10.1 Å². The van der Waals surface area contributed by atoms with Crippen LogP contribution in [0.1, 0.15) is 21.5 Å². The predicted octanol–water partition coefficient (Wildman–Crippen LogP) is 3.14. The molecule has 3 aromatic carbocycles. The Bertz CT molecular complexity index is 1040. The summed E-state index contributed by atoms with van der Waals surface area (Å²) < 4.78 is 10.4. The van der Waals surface area contributed by atoms with Crippen LogP contribution >= 0.6 is 0 Å². The molecule has 1 amide bonds. The van der Waals surface area contributed by atoms with Gasteiger partial charge < -0.3 is 26.3 Å². The Labute approximate surface area is 181 Å². The molecule has 0 saturated carbocycles. The van der Waals surface area contributed by atoms with Crippen LogP contribution in [0, 0.1) is 0 Å². The quantitative estimate of drug-likeness (QED) is 0.381. The first-order valence-electron chi connectivity index (χ1n) is 9.76. The molecule has 0 saturated heterocycles. The van der Waals surface area contributed by atoms with Crippen molar-refractivity contribution in [2.24, 2.45) is 5.73 Å². The largest absolute Gasteiger partial charge is 0.489 e. The molecule has 0 aliphatic heterocycles. The maximum Gasteiger partial charge on any atom is 0.337 e. The number of esters is 1. The third-order valence-corrected chi connectivity index (χ3v) is 4.69. The fourth-order valence-electron chi connectivity index (χ4n) is 2.96. The van der Waals surface area contributed by atoms with Gasteiger partial charge in [-0.25, -0.2) is 4.79 Å². The molecule has 0 spiro atoms. The molecular formula is C24H25N3O4. The van der Waals surface area contributed by atoms with E-state index in [4.69, 9.17) is 16.2 Å². The summed E-state index contributed by atoms with van der Waals surface area (Å²) >= 11 is 0. The predicted molar refractivity (Wildman–Crippen MR) is 120 cm³/mol. The van der Waals surface area contributed by atoms with Crippen molar-refractivity contribution in [2.75, 3.05) is 18.2 Å². The van der Waals surface area contributed by atoms with Crippen LogP contribution in [0.4, 0.5) is 11.4 Å². The van der Waals surface area contributed by atoms with Crippen molar-refractivity contribution in [3.05, 3.63) is 89.5 Å². The summed E-state index contributed by atoms with van der Waals surface area (Å²) in [6.45, 7) is 0.484. The van der Waals surface area contributed by atoms with Gasteiger partial charge >= 0.3 is 5.97 Å². The molecule has 0 aliphatic carbocycles. The first-order valence-corrected chi connectivity index (χ1v) is 9.76. The van der Waals surface area contributed by atoms with Crippen molar-refractivity contribution in [1.82, 2.24) is 0 Å². The minimum Gasteiger partial charge on any atom is -0.489 e. The Morgan fingerprint density at radius 3 is 2.32 bits per heavy atom. The fraction of sp³-hybridized carbons (Fsp3) is 0.167. The Kier molecular flexibility index (Phi) is 7.24. The average Bonchev–Trinajstić information content (AvgIpc) is 2.80. The number of nitrogens with one attached hydrogen (secondary N) is 1.